The fourth-order valence-electron chi connectivity index (χ4n) is 3.16. The van der Waals surface area contributed by atoms with E-state index < -0.39 is 0 Å². The average Bonchev–Trinajstić information content (AvgIpc) is 2.71. The number of hydrogen-bond acceptors (Lipinski definition) is 3. The predicted molar refractivity (Wildman–Crippen MR) is 112 cm³/mol. The minimum atomic E-state index is -0.0804. The van der Waals surface area contributed by atoms with Crippen LogP contribution in [0.3, 0.4) is 0 Å². The lowest BCUT2D eigenvalue weighted by Crippen LogP contribution is -2.24. The highest BCUT2D eigenvalue weighted by Gasteiger charge is 2.12. The van der Waals surface area contributed by atoms with E-state index in [1.807, 2.05) is 78.9 Å². The second kappa shape index (κ2) is 8.16. The van der Waals surface area contributed by atoms with Gasteiger partial charge in [0, 0.05) is 17.5 Å². The summed E-state index contributed by atoms with van der Waals surface area (Å²) in [5, 5.41) is 6.23. The molecule has 1 aromatic heterocycles. The maximum absolute atomic E-state index is 12.9. The van der Waals surface area contributed by atoms with Gasteiger partial charge in [0.25, 0.3) is 5.56 Å². The standard InChI is InChI=1S/C22H19N3O.ClH/c23-14-17-9-6-10-18(13-17)21-19-11-4-5-12-20(19)22(26)25(24-21)15-16-7-2-1-3-8-16;/h1-13H,14-15,23H2;1H. The lowest BCUT2D eigenvalue weighted by atomic mass is 10.0. The van der Waals surface area contributed by atoms with Crippen LogP contribution in [-0.4, -0.2) is 9.78 Å². The van der Waals surface area contributed by atoms with Gasteiger partial charge in [0.05, 0.1) is 17.6 Å². The molecule has 4 aromatic rings. The van der Waals surface area contributed by atoms with E-state index in [-0.39, 0.29) is 18.0 Å². The van der Waals surface area contributed by atoms with Crippen molar-refractivity contribution >= 4 is 23.2 Å². The van der Waals surface area contributed by atoms with Crippen LogP contribution < -0.4 is 11.3 Å². The molecule has 0 atom stereocenters. The molecule has 0 radical (unpaired) electrons. The summed E-state index contributed by atoms with van der Waals surface area (Å²) in [6.07, 6.45) is 0. The van der Waals surface area contributed by atoms with Crippen LogP contribution in [-0.2, 0) is 13.1 Å². The van der Waals surface area contributed by atoms with Gasteiger partial charge in [-0.15, -0.1) is 12.4 Å². The summed E-state index contributed by atoms with van der Waals surface area (Å²) >= 11 is 0. The summed E-state index contributed by atoms with van der Waals surface area (Å²) in [4.78, 5) is 12.9. The number of nitrogens with two attached hydrogens (primary N) is 1. The highest BCUT2D eigenvalue weighted by atomic mass is 35.5. The molecule has 0 aliphatic rings. The van der Waals surface area contributed by atoms with Crippen LogP contribution >= 0.6 is 12.4 Å². The van der Waals surface area contributed by atoms with Gasteiger partial charge in [-0.25, -0.2) is 4.68 Å². The summed E-state index contributed by atoms with van der Waals surface area (Å²) in [7, 11) is 0. The third kappa shape index (κ3) is 3.77. The molecule has 3 aromatic carbocycles. The summed E-state index contributed by atoms with van der Waals surface area (Å²) in [6.45, 7) is 0.906. The molecular weight excluding hydrogens is 358 g/mol. The first-order valence-corrected chi connectivity index (χ1v) is 8.59. The van der Waals surface area contributed by atoms with E-state index in [1.165, 1.54) is 0 Å². The maximum Gasteiger partial charge on any atom is 0.274 e. The molecule has 0 unspecified atom stereocenters. The Morgan fingerprint density at radius 1 is 0.815 bits per heavy atom. The Labute approximate surface area is 163 Å². The van der Waals surface area contributed by atoms with Crippen molar-refractivity contribution in [2.45, 2.75) is 13.1 Å². The summed E-state index contributed by atoms with van der Waals surface area (Å²) < 4.78 is 1.54. The van der Waals surface area contributed by atoms with E-state index in [0.29, 0.717) is 18.5 Å². The largest absolute Gasteiger partial charge is 0.326 e. The van der Waals surface area contributed by atoms with E-state index in [4.69, 9.17) is 10.8 Å². The van der Waals surface area contributed by atoms with Crippen molar-refractivity contribution in [2.75, 3.05) is 0 Å². The SMILES string of the molecule is Cl.NCc1cccc(-c2nn(Cc3ccccc3)c(=O)c3ccccc23)c1. The Hall–Kier alpha value is -2.95. The van der Waals surface area contributed by atoms with Gasteiger partial charge in [0.2, 0.25) is 0 Å². The van der Waals surface area contributed by atoms with E-state index in [0.717, 1.165) is 27.8 Å². The van der Waals surface area contributed by atoms with Crippen molar-refractivity contribution < 1.29 is 0 Å². The van der Waals surface area contributed by atoms with Gasteiger partial charge in [-0.1, -0.05) is 66.7 Å². The molecule has 4 nitrogen and oxygen atoms in total. The van der Waals surface area contributed by atoms with Crippen LogP contribution in [0.15, 0.2) is 83.7 Å². The van der Waals surface area contributed by atoms with Gasteiger partial charge in [-0.2, -0.15) is 5.10 Å². The van der Waals surface area contributed by atoms with Crippen LogP contribution in [0, 0.1) is 0 Å². The van der Waals surface area contributed by atoms with Crippen LogP contribution in [0.1, 0.15) is 11.1 Å². The number of aromatic nitrogens is 2. The highest BCUT2D eigenvalue weighted by Crippen LogP contribution is 2.25. The van der Waals surface area contributed by atoms with Crippen molar-refractivity contribution in [3.63, 3.8) is 0 Å². The first kappa shape index (κ1) is 18.8. The Morgan fingerprint density at radius 2 is 1.48 bits per heavy atom. The summed E-state index contributed by atoms with van der Waals surface area (Å²) in [5.74, 6) is 0. The Bertz CT molecular complexity index is 1120. The van der Waals surface area contributed by atoms with Crippen LogP contribution in [0.4, 0.5) is 0 Å². The van der Waals surface area contributed by atoms with Crippen molar-refractivity contribution in [3.05, 3.63) is 100 Å². The average molecular weight is 378 g/mol. The Kier molecular flexibility index (Phi) is 5.69. The van der Waals surface area contributed by atoms with Crippen molar-refractivity contribution in [1.82, 2.24) is 9.78 Å². The minimum absolute atomic E-state index is 0. The monoisotopic (exact) mass is 377 g/mol. The minimum Gasteiger partial charge on any atom is -0.326 e. The van der Waals surface area contributed by atoms with E-state index in [1.54, 1.807) is 4.68 Å². The third-order valence-corrected chi connectivity index (χ3v) is 4.48. The Morgan fingerprint density at radius 3 is 2.22 bits per heavy atom. The third-order valence-electron chi connectivity index (χ3n) is 4.48. The number of benzene rings is 3. The van der Waals surface area contributed by atoms with Gasteiger partial charge in [-0.3, -0.25) is 4.79 Å². The maximum atomic E-state index is 12.9. The number of rotatable bonds is 4. The summed E-state index contributed by atoms with van der Waals surface area (Å²) in [5.41, 5.74) is 9.55. The first-order valence-electron chi connectivity index (χ1n) is 8.59. The van der Waals surface area contributed by atoms with Crippen molar-refractivity contribution in [3.8, 4) is 11.3 Å². The highest BCUT2D eigenvalue weighted by molar-refractivity contribution is 5.93. The molecule has 5 heteroatoms. The van der Waals surface area contributed by atoms with E-state index in [2.05, 4.69) is 0 Å². The van der Waals surface area contributed by atoms with Crippen molar-refractivity contribution in [2.24, 2.45) is 5.73 Å². The van der Waals surface area contributed by atoms with Gasteiger partial charge in [-0.05, 0) is 23.3 Å². The van der Waals surface area contributed by atoms with Crippen LogP contribution in [0.5, 0.6) is 0 Å². The number of fused-ring (bicyclic) bond motifs is 1. The summed E-state index contributed by atoms with van der Waals surface area (Å²) in [6, 6.07) is 25.5. The predicted octanol–water partition coefficient (Wildman–Crippen LogP) is 3.99. The Balaban J connectivity index is 0.00000210. The molecule has 0 saturated carbocycles. The lowest BCUT2D eigenvalue weighted by molar-refractivity contribution is 0.651. The van der Waals surface area contributed by atoms with Crippen LogP contribution in [0.2, 0.25) is 0 Å². The van der Waals surface area contributed by atoms with Crippen molar-refractivity contribution in [1.29, 1.82) is 0 Å². The van der Waals surface area contributed by atoms with E-state index >= 15 is 0 Å². The molecular formula is C22H20ClN3O. The topological polar surface area (TPSA) is 60.9 Å². The molecule has 27 heavy (non-hydrogen) atoms. The first-order chi connectivity index (χ1) is 12.8. The molecule has 2 N–H and O–H groups in total. The molecule has 136 valence electrons. The fraction of sp³-hybridized carbons (Fsp3) is 0.0909. The quantitative estimate of drug-likeness (QED) is 0.585. The van der Waals surface area contributed by atoms with E-state index in [9.17, 15) is 4.79 Å². The molecule has 4 rings (SSSR count). The second-order valence-electron chi connectivity index (χ2n) is 6.25. The number of hydrogen-bond donors (Lipinski definition) is 1. The molecule has 0 aliphatic heterocycles. The van der Waals surface area contributed by atoms with Gasteiger partial charge < -0.3 is 5.73 Å². The zero-order valence-corrected chi connectivity index (χ0v) is 15.5. The molecule has 0 fully saturated rings. The molecule has 0 spiro atoms. The van der Waals surface area contributed by atoms with Gasteiger partial charge in [0.15, 0.2) is 0 Å². The van der Waals surface area contributed by atoms with Gasteiger partial charge in [0.1, 0.15) is 0 Å². The zero-order chi connectivity index (χ0) is 17.9. The molecule has 0 bridgehead atoms. The second-order valence-corrected chi connectivity index (χ2v) is 6.25. The normalized spacial score (nSPS) is 10.6. The fourth-order valence-corrected chi connectivity index (χ4v) is 3.16. The number of nitrogens with zero attached hydrogens (tertiary/aromatic N) is 2. The molecule has 1 heterocycles. The molecule has 0 aliphatic carbocycles. The molecule has 0 amide bonds. The zero-order valence-electron chi connectivity index (χ0n) is 14.7. The lowest BCUT2D eigenvalue weighted by Gasteiger charge is -2.12. The number of halogens is 1. The smallest absolute Gasteiger partial charge is 0.274 e. The van der Waals surface area contributed by atoms with Gasteiger partial charge >= 0.3 is 0 Å². The molecule has 0 saturated heterocycles. The van der Waals surface area contributed by atoms with Crippen LogP contribution in [0.25, 0.3) is 22.0 Å².